The lowest BCUT2D eigenvalue weighted by Crippen LogP contribution is -2.20. The van der Waals surface area contributed by atoms with Crippen molar-refractivity contribution < 1.29 is 36.7 Å². The average molecular weight is 574 g/mol. The number of carbonyl (C=O) groups is 3. The summed E-state index contributed by atoms with van der Waals surface area (Å²) in [6, 6.07) is 11.3. The molecule has 2 aromatic heterocycles. The van der Waals surface area contributed by atoms with Gasteiger partial charge in [0.25, 0.3) is 11.2 Å². The summed E-state index contributed by atoms with van der Waals surface area (Å²) in [6.07, 6.45) is -3.05. The van der Waals surface area contributed by atoms with Gasteiger partial charge in [-0.2, -0.15) is 17.6 Å². The Labute approximate surface area is 228 Å². The third kappa shape index (κ3) is 7.17. The number of ether oxygens (including phenoxy) is 1. The van der Waals surface area contributed by atoms with Crippen LogP contribution in [-0.2, 0) is 12.6 Å². The molecule has 2 aromatic carbocycles. The van der Waals surface area contributed by atoms with Gasteiger partial charge in [0.05, 0.1) is 16.6 Å². The molecule has 2 heterocycles. The summed E-state index contributed by atoms with van der Waals surface area (Å²) < 4.78 is 59.9. The second-order valence-electron chi connectivity index (χ2n) is 8.11. The van der Waals surface area contributed by atoms with Crippen molar-refractivity contribution in [2.45, 2.75) is 12.6 Å². The zero-order chi connectivity index (χ0) is 28.9. The number of thiazole rings is 1. The Hall–Kier alpha value is -4.85. The Morgan fingerprint density at radius 1 is 0.925 bits per heavy atom. The summed E-state index contributed by atoms with van der Waals surface area (Å²) in [6.45, 7) is 0. The molecule has 0 saturated heterocycles. The number of amides is 3. The standard InChI is InChI=1S/C26H19F4N5O4S/c1-31-23(37)20-12-18(8-9-32-20)39-17-6-4-15(5-7-17)34-25(38)35-16-3-2-14(19(11-16)26(28,29)30)10-21(36)22-13-33-24(27)40-22/h2-9,11-13H,10H2,1H3,(H,31,37)(H2,34,35,38). The molecule has 0 aliphatic carbocycles. The first-order chi connectivity index (χ1) is 19.0. The summed E-state index contributed by atoms with van der Waals surface area (Å²) in [4.78, 5) is 43.6. The first-order valence-corrected chi connectivity index (χ1v) is 12.2. The number of rotatable bonds is 8. The van der Waals surface area contributed by atoms with Gasteiger partial charge < -0.3 is 20.7 Å². The molecule has 206 valence electrons. The second kappa shape index (κ2) is 11.9. The van der Waals surface area contributed by atoms with E-state index in [1.165, 1.54) is 49.6 Å². The Balaban J connectivity index is 1.40. The van der Waals surface area contributed by atoms with Crippen molar-refractivity contribution in [3.8, 4) is 11.5 Å². The van der Waals surface area contributed by atoms with E-state index in [4.69, 9.17) is 4.74 Å². The van der Waals surface area contributed by atoms with Crippen LogP contribution in [-0.4, -0.2) is 34.7 Å². The lowest BCUT2D eigenvalue weighted by atomic mass is 10.0. The van der Waals surface area contributed by atoms with Crippen molar-refractivity contribution in [3.05, 3.63) is 94.0 Å². The molecule has 4 aromatic rings. The predicted octanol–water partition coefficient (Wildman–Crippen LogP) is 5.92. The van der Waals surface area contributed by atoms with E-state index < -0.39 is 35.2 Å². The number of pyridine rings is 1. The maximum absolute atomic E-state index is 13.7. The molecule has 0 aliphatic rings. The van der Waals surface area contributed by atoms with Gasteiger partial charge in [-0.05, 0) is 48.0 Å². The van der Waals surface area contributed by atoms with Crippen LogP contribution >= 0.6 is 11.3 Å². The minimum absolute atomic E-state index is 0.0990. The van der Waals surface area contributed by atoms with Crippen molar-refractivity contribution in [2.24, 2.45) is 0 Å². The molecule has 0 unspecified atom stereocenters. The minimum Gasteiger partial charge on any atom is -0.457 e. The van der Waals surface area contributed by atoms with Crippen molar-refractivity contribution in [2.75, 3.05) is 17.7 Å². The first kappa shape index (κ1) is 28.2. The van der Waals surface area contributed by atoms with Gasteiger partial charge in [0.15, 0.2) is 5.78 Å². The summed E-state index contributed by atoms with van der Waals surface area (Å²) in [7, 11) is 1.47. The number of ketones is 1. The van der Waals surface area contributed by atoms with E-state index in [1.54, 1.807) is 6.07 Å². The highest BCUT2D eigenvalue weighted by Crippen LogP contribution is 2.35. The number of alkyl halides is 3. The van der Waals surface area contributed by atoms with Gasteiger partial charge in [-0.15, -0.1) is 0 Å². The number of carbonyl (C=O) groups excluding carboxylic acids is 3. The second-order valence-corrected chi connectivity index (χ2v) is 9.09. The highest BCUT2D eigenvalue weighted by molar-refractivity contribution is 7.12. The summed E-state index contributed by atoms with van der Waals surface area (Å²) >= 11 is 0.445. The van der Waals surface area contributed by atoms with Gasteiger partial charge >= 0.3 is 12.2 Å². The molecule has 0 aliphatic heterocycles. The van der Waals surface area contributed by atoms with Crippen LogP contribution in [0.1, 0.15) is 31.3 Å². The van der Waals surface area contributed by atoms with E-state index in [-0.39, 0.29) is 27.7 Å². The van der Waals surface area contributed by atoms with Gasteiger partial charge in [0, 0.05) is 37.1 Å². The number of nitrogens with zero attached hydrogens (tertiary/aromatic N) is 2. The van der Waals surface area contributed by atoms with E-state index in [0.717, 1.165) is 12.3 Å². The van der Waals surface area contributed by atoms with E-state index in [0.29, 0.717) is 34.6 Å². The largest absolute Gasteiger partial charge is 0.457 e. The number of nitrogens with one attached hydrogen (secondary N) is 3. The molecule has 0 atom stereocenters. The van der Waals surface area contributed by atoms with Crippen LogP contribution in [0.15, 0.2) is 67.0 Å². The molecular weight excluding hydrogens is 554 g/mol. The number of urea groups is 1. The molecular formula is C26H19F4N5O4S. The van der Waals surface area contributed by atoms with Gasteiger partial charge in [-0.25, -0.2) is 9.78 Å². The maximum atomic E-state index is 13.7. The minimum atomic E-state index is -4.81. The van der Waals surface area contributed by atoms with Gasteiger partial charge in [0.2, 0.25) is 0 Å². The smallest absolute Gasteiger partial charge is 0.416 e. The molecule has 4 rings (SSSR count). The Bertz CT molecular complexity index is 1560. The monoisotopic (exact) mass is 573 g/mol. The van der Waals surface area contributed by atoms with E-state index in [9.17, 15) is 31.9 Å². The Kier molecular flexibility index (Phi) is 8.38. The molecule has 9 nitrogen and oxygen atoms in total. The van der Waals surface area contributed by atoms with Crippen molar-refractivity contribution in [1.82, 2.24) is 15.3 Å². The molecule has 3 amide bonds. The lowest BCUT2D eigenvalue weighted by Gasteiger charge is -2.15. The normalized spacial score (nSPS) is 11.0. The lowest BCUT2D eigenvalue weighted by molar-refractivity contribution is -0.138. The Morgan fingerprint density at radius 2 is 1.62 bits per heavy atom. The number of anilines is 2. The van der Waals surface area contributed by atoms with Gasteiger partial charge in [-0.3, -0.25) is 14.6 Å². The number of halogens is 4. The summed E-state index contributed by atoms with van der Waals surface area (Å²) in [5, 5.41) is 6.42. The summed E-state index contributed by atoms with van der Waals surface area (Å²) in [5.74, 6) is -0.347. The van der Waals surface area contributed by atoms with Crippen molar-refractivity contribution >= 4 is 40.4 Å². The zero-order valence-corrected chi connectivity index (χ0v) is 21.3. The van der Waals surface area contributed by atoms with Crippen LogP contribution < -0.4 is 20.7 Å². The van der Waals surface area contributed by atoms with Crippen LogP contribution in [0.3, 0.4) is 0 Å². The number of hydrogen-bond donors (Lipinski definition) is 3. The van der Waals surface area contributed by atoms with Crippen LogP contribution in [0.4, 0.5) is 33.7 Å². The highest BCUT2D eigenvalue weighted by Gasteiger charge is 2.34. The van der Waals surface area contributed by atoms with Crippen LogP contribution in [0, 0.1) is 5.26 Å². The molecule has 14 heteroatoms. The SMILES string of the molecule is CNC(=O)c1cc(Oc2ccc(NC(=O)Nc3ccc(CC(=O)c4cnc(F)s4)c(C(F)(F)F)c3)cc2)ccn1. The van der Waals surface area contributed by atoms with Crippen LogP contribution in [0.5, 0.6) is 11.5 Å². The maximum Gasteiger partial charge on any atom is 0.416 e. The zero-order valence-electron chi connectivity index (χ0n) is 20.5. The number of Topliss-reactive ketones (excluding diaryl/α,β-unsaturated/α-hetero) is 1. The molecule has 0 bridgehead atoms. The van der Waals surface area contributed by atoms with E-state index in [2.05, 4.69) is 25.9 Å². The fourth-order valence-electron chi connectivity index (χ4n) is 3.48. The van der Waals surface area contributed by atoms with Gasteiger partial charge in [-0.1, -0.05) is 17.4 Å². The average Bonchev–Trinajstić information content (AvgIpc) is 3.36. The molecule has 3 N–H and O–H groups in total. The molecule has 0 saturated carbocycles. The van der Waals surface area contributed by atoms with Crippen LogP contribution in [0.2, 0.25) is 0 Å². The molecule has 40 heavy (non-hydrogen) atoms. The van der Waals surface area contributed by atoms with E-state index >= 15 is 0 Å². The predicted molar refractivity (Wildman–Crippen MR) is 138 cm³/mol. The third-order valence-corrected chi connectivity index (χ3v) is 6.14. The number of aromatic nitrogens is 2. The van der Waals surface area contributed by atoms with Crippen molar-refractivity contribution in [1.29, 1.82) is 0 Å². The topological polar surface area (TPSA) is 122 Å². The van der Waals surface area contributed by atoms with Crippen LogP contribution in [0.25, 0.3) is 0 Å². The number of hydrogen-bond acceptors (Lipinski definition) is 7. The quantitative estimate of drug-likeness (QED) is 0.178. The molecule has 0 radical (unpaired) electrons. The fourth-order valence-corrected chi connectivity index (χ4v) is 4.06. The molecule has 0 fully saturated rings. The first-order valence-electron chi connectivity index (χ1n) is 11.4. The fraction of sp³-hybridized carbons (Fsp3) is 0.115. The van der Waals surface area contributed by atoms with E-state index in [1.807, 2.05) is 0 Å². The highest BCUT2D eigenvalue weighted by atomic mass is 32.1. The third-order valence-electron chi connectivity index (χ3n) is 5.32. The molecule has 0 spiro atoms. The number of benzene rings is 2. The van der Waals surface area contributed by atoms with Gasteiger partial charge in [0.1, 0.15) is 17.2 Å². The Morgan fingerprint density at radius 3 is 2.27 bits per heavy atom. The van der Waals surface area contributed by atoms with Crippen molar-refractivity contribution in [3.63, 3.8) is 0 Å². The summed E-state index contributed by atoms with van der Waals surface area (Å²) in [5.41, 5.74) is -1.11.